The molecule has 4 heterocycles. The lowest BCUT2D eigenvalue weighted by atomic mass is 9.97. The fraction of sp³-hybridized carbons (Fsp3) is 0.526. The molecule has 4 rings (SSSR count). The molecule has 0 aliphatic carbocycles. The van der Waals surface area contributed by atoms with Crippen LogP contribution in [0.15, 0.2) is 40.2 Å². The third kappa shape index (κ3) is 4.19. The number of aromatic nitrogens is 6. The molecule has 9 nitrogen and oxygen atoms in total. The van der Waals surface area contributed by atoms with Crippen LogP contribution in [0.1, 0.15) is 44.3 Å². The first kappa shape index (κ1) is 18.5. The maximum Gasteiger partial charge on any atom is 0.266 e. The van der Waals surface area contributed by atoms with Gasteiger partial charge in [-0.15, -0.1) is 5.10 Å². The number of piperidine rings is 1. The summed E-state index contributed by atoms with van der Waals surface area (Å²) in [5.41, 5.74) is -0.0905. The Morgan fingerprint density at radius 3 is 2.75 bits per heavy atom. The molecule has 9 heteroatoms. The number of oxazole rings is 1. The van der Waals surface area contributed by atoms with E-state index in [-0.39, 0.29) is 5.56 Å². The van der Waals surface area contributed by atoms with Gasteiger partial charge in [0.15, 0.2) is 5.82 Å². The lowest BCUT2D eigenvalue weighted by Crippen LogP contribution is -2.36. The van der Waals surface area contributed by atoms with Gasteiger partial charge in [-0.1, -0.05) is 13.8 Å². The van der Waals surface area contributed by atoms with Crippen LogP contribution in [-0.2, 0) is 13.1 Å². The van der Waals surface area contributed by atoms with Crippen LogP contribution in [-0.4, -0.2) is 47.5 Å². The van der Waals surface area contributed by atoms with Crippen molar-refractivity contribution in [3.8, 4) is 5.82 Å². The summed E-state index contributed by atoms with van der Waals surface area (Å²) in [6, 6.07) is 3.20. The van der Waals surface area contributed by atoms with Crippen LogP contribution in [0.4, 0.5) is 0 Å². The Morgan fingerprint density at radius 1 is 1.25 bits per heavy atom. The van der Waals surface area contributed by atoms with Crippen LogP contribution < -0.4 is 5.56 Å². The zero-order valence-corrected chi connectivity index (χ0v) is 16.2. The summed E-state index contributed by atoms with van der Waals surface area (Å²) in [5, 5.41) is 8.51. The molecule has 0 radical (unpaired) electrons. The zero-order valence-electron chi connectivity index (χ0n) is 16.2. The smallest absolute Gasteiger partial charge is 0.266 e. The molecule has 0 N–H and O–H groups in total. The molecule has 3 aromatic rings. The molecule has 0 saturated carbocycles. The van der Waals surface area contributed by atoms with Crippen molar-refractivity contribution in [3.63, 3.8) is 0 Å². The van der Waals surface area contributed by atoms with Crippen LogP contribution >= 0.6 is 0 Å². The van der Waals surface area contributed by atoms with Crippen molar-refractivity contribution in [1.82, 2.24) is 34.4 Å². The second kappa shape index (κ2) is 8.05. The number of rotatable bonds is 6. The SMILES string of the molecule is CC(C)c1cnc(CN2CCC(Cn3nc(-n4cncn4)ccc3=O)CC2)o1. The van der Waals surface area contributed by atoms with Crippen LogP contribution in [0.5, 0.6) is 0 Å². The summed E-state index contributed by atoms with van der Waals surface area (Å²) < 4.78 is 8.91. The van der Waals surface area contributed by atoms with Crippen molar-refractivity contribution in [1.29, 1.82) is 0 Å². The van der Waals surface area contributed by atoms with E-state index in [1.165, 1.54) is 12.4 Å². The number of nitrogens with zero attached hydrogens (tertiary/aromatic N) is 7. The third-order valence-corrected chi connectivity index (χ3v) is 5.14. The van der Waals surface area contributed by atoms with Gasteiger partial charge < -0.3 is 4.42 Å². The average molecular weight is 383 g/mol. The molecule has 1 saturated heterocycles. The molecule has 0 spiro atoms. The van der Waals surface area contributed by atoms with Gasteiger partial charge in [0, 0.05) is 18.5 Å². The van der Waals surface area contributed by atoms with E-state index in [0.29, 0.717) is 24.2 Å². The van der Waals surface area contributed by atoms with E-state index in [1.807, 2.05) is 6.20 Å². The molecular weight excluding hydrogens is 358 g/mol. The van der Waals surface area contributed by atoms with Gasteiger partial charge in [0.1, 0.15) is 18.4 Å². The van der Waals surface area contributed by atoms with Gasteiger partial charge in [-0.05, 0) is 37.9 Å². The van der Waals surface area contributed by atoms with Crippen LogP contribution in [0.2, 0.25) is 0 Å². The number of likely N-dealkylation sites (tertiary alicyclic amines) is 1. The number of hydrogen-bond acceptors (Lipinski definition) is 7. The average Bonchev–Trinajstić information content (AvgIpc) is 3.37. The molecular formula is C19H25N7O2. The number of hydrogen-bond donors (Lipinski definition) is 0. The normalized spacial score (nSPS) is 16.1. The molecule has 0 unspecified atom stereocenters. The monoisotopic (exact) mass is 383 g/mol. The maximum atomic E-state index is 12.2. The second-order valence-electron chi connectivity index (χ2n) is 7.58. The van der Waals surface area contributed by atoms with E-state index in [0.717, 1.165) is 44.1 Å². The Labute approximate surface area is 163 Å². The van der Waals surface area contributed by atoms with Crippen molar-refractivity contribution in [2.75, 3.05) is 13.1 Å². The van der Waals surface area contributed by atoms with E-state index in [2.05, 4.69) is 38.9 Å². The van der Waals surface area contributed by atoms with Crippen molar-refractivity contribution >= 4 is 0 Å². The van der Waals surface area contributed by atoms with Gasteiger partial charge >= 0.3 is 0 Å². The molecule has 0 bridgehead atoms. The van der Waals surface area contributed by atoms with Crippen molar-refractivity contribution in [3.05, 3.63) is 53.0 Å². The van der Waals surface area contributed by atoms with E-state index < -0.39 is 0 Å². The van der Waals surface area contributed by atoms with Gasteiger partial charge in [-0.2, -0.15) is 5.10 Å². The maximum absolute atomic E-state index is 12.2. The summed E-state index contributed by atoms with van der Waals surface area (Å²) >= 11 is 0. The predicted molar refractivity (Wildman–Crippen MR) is 102 cm³/mol. The highest BCUT2D eigenvalue weighted by Gasteiger charge is 2.22. The van der Waals surface area contributed by atoms with Crippen LogP contribution in [0, 0.1) is 5.92 Å². The first-order chi connectivity index (χ1) is 13.6. The predicted octanol–water partition coefficient (Wildman–Crippen LogP) is 1.85. The molecule has 1 fully saturated rings. The Bertz CT molecular complexity index is 953. The minimum Gasteiger partial charge on any atom is -0.444 e. The fourth-order valence-corrected chi connectivity index (χ4v) is 3.45. The highest BCUT2D eigenvalue weighted by Crippen LogP contribution is 2.21. The van der Waals surface area contributed by atoms with Crippen molar-refractivity contribution < 1.29 is 4.42 Å². The minimum absolute atomic E-state index is 0.0905. The van der Waals surface area contributed by atoms with Crippen LogP contribution in [0.25, 0.3) is 5.82 Å². The first-order valence-corrected chi connectivity index (χ1v) is 9.68. The third-order valence-electron chi connectivity index (χ3n) is 5.14. The van der Waals surface area contributed by atoms with Gasteiger partial charge in [-0.25, -0.2) is 19.3 Å². The first-order valence-electron chi connectivity index (χ1n) is 9.68. The lowest BCUT2D eigenvalue weighted by molar-refractivity contribution is 0.151. The van der Waals surface area contributed by atoms with Crippen molar-refractivity contribution in [2.45, 2.75) is 45.7 Å². The Hall–Kier alpha value is -2.81. The molecule has 28 heavy (non-hydrogen) atoms. The summed E-state index contributed by atoms with van der Waals surface area (Å²) in [4.78, 5) is 22.9. The van der Waals surface area contributed by atoms with Crippen molar-refractivity contribution in [2.24, 2.45) is 5.92 Å². The minimum atomic E-state index is -0.0905. The fourth-order valence-electron chi connectivity index (χ4n) is 3.45. The van der Waals surface area contributed by atoms with E-state index in [1.54, 1.807) is 21.8 Å². The highest BCUT2D eigenvalue weighted by molar-refractivity contribution is 5.16. The molecule has 148 valence electrons. The molecule has 1 aliphatic rings. The van der Waals surface area contributed by atoms with E-state index in [9.17, 15) is 4.79 Å². The summed E-state index contributed by atoms with van der Waals surface area (Å²) in [7, 11) is 0. The Balaban J connectivity index is 1.34. The van der Waals surface area contributed by atoms with Gasteiger partial charge in [0.05, 0.1) is 12.7 Å². The summed E-state index contributed by atoms with van der Waals surface area (Å²) in [6.45, 7) is 7.47. The summed E-state index contributed by atoms with van der Waals surface area (Å²) in [5.74, 6) is 3.08. The Morgan fingerprint density at radius 2 is 2.07 bits per heavy atom. The van der Waals surface area contributed by atoms with E-state index in [4.69, 9.17) is 4.42 Å². The molecule has 0 atom stereocenters. The summed E-state index contributed by atoms with van der Waals surface area (Å²) in [6.07, 6.45) is 6.87. The van der Waals surface area contributed by atoms with Gasteiger partial charge in [-0.3, -0.25) is 9.69 Å². The van der Waals surface area contributed by atoms with Gasteiger partial charge in [0.2, 0.25) is 5.89 Å². The largest absolute Gasteiger partial charge is 0.444 e. The van der Waals surface area contributed by atoms with E-state index >= 15 is 0 Å². The quantitative estimate of drug-likeness (QED) is 0.641. The lowest BCUT2D eigenvalue weighted by Gasteiger charge is -2.31. The molecule has 1 aliphatic heterocycles. The molecule has 3 aromatic heterocycles. The molecule has 0 amide bonds. The standard InChI is InChI=1S/C19H25N7O2/c1-14(2)16-9-21-18(28-16)11-24-7-5-15(6-8-24)10-25-19(27)4-3-17(23-25)26-13-20-12-22-26/h3-4,9,12-15H,5-8,10-11H2,1-2H3. The highest BCUT2D eigenvalue weighted by atomic mass is 16.4. The Kier molecular flexibility index (Phi) is 5.34. The van der Waals surface area contributed by atoms with Gasteiger partial charge in [0.25, 0.3) is 5.56 Å². The zero-order chi connectivity index (χ0) is 19.5. The molecule has 0 aromatic carbocycles. The van der Waals surface area contributed by atoms with Crippen LogP contribution in [0.3, 0.4) is 0 Å². The second-order valence-corrected chi connectivity index (χ2v) is 7.58. The topological polar surface area (TPSA) is 94.9 Å².